The Labute approximate surface area is 151 Å². The van der Waals surface area contributed by atoms with E-state index < -0.39 is 23.4 Å². The van der Waals surface area contributed by atoms with E-state index in [0.717, 1.165) is 12.8 Å². The molecule has 2 fully saturated rings. The van der Waals surface area contributed by atoms with Gasteiger partial charge >= 0.3 is 12.3 Å². The number of anilines is 1. The molecule has 1 amide bonds. The summed E-state index contributed by atoms with van der Waals surface area (Å²) in [5.74, 6) is 0.160. The van der Waals surface area contributed by atoms with Crippen molar-refractivity contribution in [1.82, 2.24) is 9.88 Å². The molecule has 1 saturated heterocycles. The van der Waals surface area contributed by atoms with Gasteiger partial charge in [-0.3, -0.25) is 0 Å². The van der Waals surface area contributed by atoms with Gasteiger partial charge in [0.05, 0.1) is 5.56 Å². The molecule has 2 aliphatic rings. The summed E-state index contributed by atoms with van der Waals surface area (Å²) < 4.78 is 45.8. The van der Waals surface area contributed by atoms with Gasteiger partial charge in [0.25, 0.3) is 0 Å². The number of rotatable bonds is 2. The monoisotopic (exact) mass is 371 g/mol. The van der Waals surface area contributed by atoms with E-state index in [1.807, 2.05) is 0 Å². The molecule has 0 radical (unpaired) electrons. The lowest BCUT2D eigenvalue weighted by Crippen LogP contribution is -2.50. The zero-order valence-corrected chi connectivity index (χ0v) is 15.3. The maximum absolute atomic E-state index is 13.5. The summed E-state index contributed by atoms with van der Waals surface area (Å²) in [7, 11) is 0. The van der Waals surface area contributed by atoms with Crippen LogP contribution in [0.3, 0.4) is 0 Å². The molecular formula is C18H24F3N3O2. The van der Waals surface area contributed by atoms with E-state index in [9.17, 15) is 18.0 Å². The van der Waals surface area contributed by atoms with E-state index in [-0.39, 0.29) is 24.8 Å². The van der Waals surface area contributed by atoms with Crippen LogP contribution in [0.2, 0.25) is 0 Å². The molecule has 1 saturated carbocycles. The van der Waals surface area contributed by atoms with Crippen molar-refractivity contribution in [1.29, 1.82) is 0 Å². The van der Waals surface area contributed by atoms with Gasteiger partial charge in [-0.2, -0.15) is 13.2 Å². The lowest BCUT2D eigenvalue weighted by atomic mass is 10.1. The zero-order valence-electron chi connectivity index (χ0n) is 15.3. The number of carbonyl (C=O) groups excluding carboxylic acids is 1. The average molecular weight is 371 g/mol. The third kappa shape index (κ3) is 4.40. The number of ether oxygens (including phenoxy) is 1. The first-order valence-electron chi connectivity index (χ1n) is 8.84. The summed E-state index contributed by atoms with van der Waals surface area (Å²) in [4.78, 5) is 19.3. The van der Waals surface area contributed by atoms with Crippen molar-refractivity contribution in [2.45, 2.75) is 51.3 Å². The molecule has 0 unspecified atom stereocenters. The molecule has 0 spiro atoms. The summed E-state index contributed by atoms with van der Waals surface area (Å²) >= 11 is 0. The number of hydrogen-bond donors (Lipinski definition) is 0. The van der Waals surface area contributed by atoms with Crippen LogP contribution in [0.1, 0.15) is 50.7 Å². The van der Waals surface area contributed by atoms with Gasteiger partial charge in [0.1, 0.15) is 11.4 Å². The van der Waals surface area contributed by atoms with Crippen LogP contribution < -0.4 is 4.90 Å². The predicted molar refractivity (Wildman–Crippen MR) is 91.2 cm³/mol. The minimum absolute atomic E-state index is 0.0502. The zero-order chi connectivity index (χ0) is 19.1. The molecule has 144 valence electrons. The normalized spacial score (nSPS) is 18.8. The molecule has 5 nitrogen and oxygen atoms in total. The first-order valence-corrected chi connectivity index (χ1v) is 8.84. The number of halogens is 3. The van der Waals surface area contributed by atoms with Gasteiger partial charge in [-0.1, -0.05) is 0 Å². The number of pyridine rings is 1. The minimum Gasteiger partial charge on any atom is -0.444 e. The molecular weight excluding hydrogens is 347 g/mol. The highest BCUT2D eigenvalue weighted by Crippen LogP contribution is 2.43. The Morgan fingerprint density at radius 3 is 2.27 bits per heavy atom. The van der Waals surface area contributed by atoms with Crippen molar-refractivity contribution in [2.24, 2.45) is 0 Å². The summed E-state index contributed by atoms with van der Waals surface area (Å²) in [5.41, 5.74) is -0.626. The highest BCUT2D eigenvalue weighted by Gasteiger charge is 2.38. The highest BCUT2D eigenvalue weighted by molar-refractivity contribution is 5.68. The number of piperazine rings is 1. The Morgan fingerprint density at radius 1 is 1.15 bits per heavy atom. The van der Waals surface area contributed by atoms with Gasteiger partial charge in [-0.15, -0.1) is 0 Å². The Bertz CT molecular complexity index is 673. The topological polar surface area (TPSA) is 45.7 Å². The summed E-state index contributed by atoms with van der Waals surface area (Å²) in [6, 6.07) is 1.24. The van der Waals surface area contributed by atoms with Gasteiger partial charge in [-0.25, -0.2) is 9.78 Å². The van der Waals surface area contributed by atoms with E-state index >= 15 is 0 Å². The number of alkyl halides is 3. The molecule has 3 rings (SSSR count). The average Bonchev–Trinajstić information content (AvgIpc) is 3.37. The van der Waals surface area contributed by atoms with Crippen molar-refractivity contribution in [2.75, 3.05) is 31.1 Å². The Hall–Kier alpha value is -1.99. The van der Waals surface area contributed by atoms with Crippen LogP contribution in [0.25, 0.3) is 0 Å². The molecule has 1 aromatic rings. The minimum atomic E-state index is -4.45. The second-order valence-electron chi connectivity index (χ2n) is 7.87. The number of carbonyl (C=O) groups is 1. The molecule has 1 aromatic heterocycles. The van der Waals surface area contributed by atoms with E-state index in [2.05, 4.69) is 4.98 Å². The highest BCUT2D eigenvalue weighted by atomic mass is 19.4. The van der Waals surface area contributed by atoms with Crippen LogP contribution in [0.5, 0.6) is 0 Å². The maximum atomic E-state index is 13.5. The van der Waals surface area contributed by atoms with Crippen molar-refractivity contribution < 1.29 is 22.7 Å². The number of nitrogens with zero attached hydrogens (tertiary/aromatic N) is 3. The number of amides is 1. The fraction of sp³-hybridized carbons (Fsp3) is 0.667. The first-order chi connectivity index (χ1) is 12.0. The standard InChI is InChI=1S/C18H24F3N3O2/c1-17(2,3)26-16(25)24-8-6-23(7-9-24)15-14(18(19,20)21)10-13(11-22-15)12-4-5-12/h10-12H,4-9H2,1-3H3. The Morgan fingerprint density at radius 2 is 1.77 bits per heavy atom. The molecule has 0 N–H and O–H groups in total. The van der Waals surface area contributed by atoms with Gasteiger partial charge in [0.15, 0.2) is 0 Å². The number of hydrogen-bond acceptors (Lipinski definition) is 4. The Balaban J connectivity index is 1.72. The van der Waals surface area contributed by atoms with Crippen molar-refractivity contribution in [3.05, 3.63) is 23.4 Å². The van der Waals surface area contributed by atoms with Gasteiger partial charge in [0.2, 0.25) is 0 Å². The lowest BCUT2D eigenvalue weighted by Gasteiger charge is -2.37. The third-order valence-corrected chi connectivity index (χ3v) is 4.47. The van der Waals surface area contributed by atoms with Crippen LogP contribution in [-0.4, -0.2) is 47.8 Å². The fourth-order valence-corrected chi connectivity index (χ4v) is 3.00. The van der Waals surface area contributed by atoms with Crippen LogP contribution in [0.4, 0.5) is 23.8 Å². The van der Waals surface area contributed by atoms with Crippen LogP contribution in [-0.2, 0) is 10.9 Å². The lowest BCUT2D eigenvalue weighted by molar-refractivity contribution is -0.137. The molecule has 1 aliphatic carbocycles. The van der Waals surface area contributed by atoms with Gasteiger partial charge < -0.3 is 14.5 Å². The maximum Gasteiger partial charge on any atom is 0.419 e. The van der Waals surface area contributed by atoms with E-state index in [1.165, 1.54) is 11.0 Å². The fourth-order valence-electron chi connectivity index (χ4n) is 3.00. The smallest absolute Gasteiger partial charge is 0.419 e. The van der Waals surface area contributed by atoms with Gasteiger partial charge in [-0.05, 0) is 51.2 Å². The van der Waals surface area contributed by atoms with Crippen molar-refractivity contribution in [3.63, 3.8) is 0 Å². The SMILES string of the molecule is CC(C)(C)OC(=O)N1CCN(c2ncc(C3CC3)cc2C(F)(F)F)CC1. The van der Waals surface area contributed by atoms with Gasteiger partial charge in [0, 0.05) is 32.4 Å². The second-order valence-corrected chi connectivity index (χ2v) is 7.87. The predicted octanol–water partition coefficient (Wildman–Crippen LogP) is 4.03. The van der Waals surface area contributed by atoms with Crippen LogP contribution >= 0.6 is 0 Å². The molecule has 2 heterocycles. The largest absolute Gasteiger partial charge is 0.444 e. The van der Waals surface area contributed by atoms with E-state index in [1.54, 1.807) is 31.9 Å². The summed E-state index contributed by atoms with van der Waals surface area (Å²) in [6.07, 6.45) is -1.48. The summed E-state index contributed by atoms with van der Waals surface area (Å²) in [6.45, 7) is 6.53. The first kappa shape index (κ1) is 18.8. The van der Waals surface area contributed by atoms with Crippen molar-refractivity contribution >= 4 is 11.9 Å². The number of aromatic nitrogens is 1. The molecule has 8 heteroatoms. The molecule has 26 heavy (non-hydrogen) atoms. The third-order valence-electron chi connectivity index (χ3n) is 4.47. The van der Waals surface area contributed by atoms with E-state index in [0.29, 0.717) is 18.7 Å². The quantitative estimate of drug-likeness (QED) is 0.787. The van der Waals surface area contributed by atoms with Crippen molar-refractivity contribution in [3.8, 4) is 0 Å². The van der Waals surface area contributed by atoms with Crippen LogP contribution in [0, 0.1) is 0 Å². The Kier molecular flexibility index (Phi) is 4.79. The summed E-state index contributed by atoms with van der Waals surface area (Å²) in [5, 5.41) is 0. The second kappa shape index (κ2) is 6.63. The van der Waals surface area contributed by atoms with Crippen LogP contribution in [0.15, 0.2) is 12.3 Å². The van der Waals surface area contributed by atoms with E-state index in [4.69, 9.17) is 4.74 Å². The molecule has 0 atom stereocenters. The molecule has 0 bridgehead atoms. The molecule has 0 aromatic carbocycles. The molecule has 1 aliphatic heterocycles.